The zero-order valence-electron chi connectivity index (χ0n) is 24.8. The van der Waals surface area contributed by atoms with Crippen LogP contribution < -0.4 is 0 Å². The molecule has 0 bridgehead atoms. The van der Waals surface area contributed by atoms with E-state index >= 15 is 0 Å². The molecule has 2 heteroatoms. The Bertz CT molecular complexity index is 2740. The van der Waals surface area contributed by atoms with Gasteiger partial charge in [0.05, 0.1) is 6.26 Å². The highest BCUT2D eigenvalue weighted by Gasteiger charge is 2.22. The third kappa shape index (κ3) is 3.59. The van der Waals surface area contributed by atoms with Gasteiger partial charge in [-0.3, -0.25) is 0 Å². The molecule has 8 aromatic carbocycles. The van der Waals surface area contributed by atoms with E-state index in [4.69, 9.17) is 8.83 Å². The van der Waals surface area contributed by atoms with Crippen LogP contribution in [-0.2, 0) is 0 Å². The number of hydrogen-bond donors (Lipinski definition) is 0. The van der Waals surface area contributed by atoms with Crippen molar-refractivity contribution in [3.05, 3.63) is 158 Å². The van der Waals surface area contributed by atoms with Crippen LogP contribution in [0.4, 0.5) is 0 Å². The van der Waals surface area contributed by atoms with Gasteiger partial charge in [-0.2, -0.15) is 0 Å². The number of fused-ring (bicyclic) bond motifs is 8. The molecule has 0 unspecified atom stereocenters. The van der Waals surface area contributed by atoms with E-state index in [0.29, 0.717) is 0 Å². The Labute approximate surface area is 264 Å². The van der Waals surface area contributed by atoms with Crippen LogP contribution >= 0.6 is 0 Å². The fourth-order valence-corrected chi connectivity index (χ4v) is 7.55. The maximum atomic E-state index is 6.33. The van der Waals surface area contributed by atoms with Gasteiger partial charge in [0.25, 0.3) is 0 Å². The molecule has 0 saturated heterocycles. The highest BCUT2D eigenvalue weighted by atomic mass is 16.3. The van der Waals surface area contributed by atoms with Crippen LogP contribution in [-0.4, -0.2) is 0 Å². The Hall–Kier alpha value is -6.12. The largest absolute Gasteiger partial charge is 0.464 e. The predicted molar refractivity (Wildman–Crippen MR) is 192 cm³/mol. The lowest BCUT2D eigenvalue weighted by Crippen LogP contribution is -1.91. The van der Waals surface area contributed by atoms with Crippen LogP contribution in [0.25, 0.3) is 98.6 Å². The van der Waals surface area contributed by atoms with Crippen molar-refractivity contribution in [2.75, 3.05) is 0 Å². The summed E-state index contributed by atoms with van der Waals surface area (Å²) < 4.78 is 12.7. The first-order valence-corrected chi connectivity index (χ1v) is 15.7. The molecule has 0 amide bonds. The van der Waals surface area contributed by atoms with Gasteiger partial charge in [0.1, 0.15) is 16.7 Å². The number of para-hydroxylation sites is 1. The van der Waals surface area contributed by atoms with Crippen molar-refractivity contribution >= 4 is 65.2 Å². The fraction of sp³-hybridized carbons (Fsp3) is 0. The average Bonchev–Trinajstić information content (AvgIpc) is 3.73. The zero-order valence-corrected chi connectivity index (χ0v) is 24.8. The Morgan fingerprint density at radius 3 is 1.70 bits per heavy atom. The molecule has 0 saturated carbocycles. The molecule has 0 aliphatic heterocycles. The van der Waals surface area contributed by atoms with Crippen molar-refractivity contribution in [2.45, 2.75) is 0 Å². The van der Waals surface area contributed by atoms with Crippen molar-refractivity contribution in [1.82, 2.24) is 0 Å². The summed E-state index contributed by atoms with van der Waals surface area (Å²) in [5.74, 6) is 0. The maximum Gasteiger partial charge on any atom is 0.136 e. The van der Waals surface area contributed by atoms with E-state index in [1.165, 1.54) is 60.1 Å². The van der Waals surface area contributed by atoms with Crippen LogP contribution in [0.1, 0.15) is 0 Å². The standard InChI is InChI=1S/C44H26O2/c1-2-11-27(12-3-1)28-21-23-30-29(25-28)22-24-39-43(30)37(26-45-39)42-33-15-6-4-13-31(33)41(32-14-5-7-16-34(32)42)36-18-10-20-40-44(36)35-17-8-9-19-38(35)46-40/h1-26H. The van der Waals surface area contributed by atoms with Crippen LogP contribution in [0.2, 0.25) is 0 Å². The molecule has 10 rings (SSSR count). The van der Waals surface area contributed by atoms with Crippen molar-refractivity contribution in [3.63, 3.8) is 0 Å². The lowest BCUT2D eigenvalue weighted by atomic mass is 9.84. The number of hydrogen-bond acceptors (Lipinski definition) is 2. The summed E-state index contributed by atoms with van der Waals surface area (Å²) in [5, 5.41) is 10.6. The predicted octanol–water partition coefficient (Wildman–Crippen LogP) is 12.8. The minimum absolute atomic E-state index is 0.891. The quantitative estimate of drug-likeness (QED) is 0.193. The Morgan fingerprint density at radius 1 is 0.348 bits per heavy atom. The molecule has 46 heavy (non-hydrogen) atoms. The van der Waals surface area contributed by atoms with Gasteiger partial charge in [-0.25, -0.2) is 0 Å². The third-order valence-corrected chi connectivity index (χ3v) is 9.53. The van der Waals surface area contributed by atoms with Crippen molar-refractivity contribution < 1.29 is 8.83 Å². The highest BCUT2D eigenvalue weighted by molar-refractivity contribution is 6.28. The topological polar surface area (TPSA) is 26.3 Å². The molecule has 0 radical (unpaired) electrons. The lowest BCUT2D eigenvalue weighted by molar-refractivity contribution is 0.617. The summed E-state index contributed by atoms with van der Waals surface area (Å²) in [7, 11) is 0. The summed E-state index contributed by atoms with van der Waals surface area (Å²) in [6, 6.07) is 54.0. The zero-order chi connectivity index (χ0) is 30.2. The van der Waals surface area contributed by atoms with E-state index in [9.17, 15) is 0 Å². The number of furan rings is 2. The van der Waals surface area contributed by atoms with Gasteiger partial charge < -0.3 is 8.83 Å². The summed E-state index contributed by atoms with van der Waals surface area (Å²) in [5.41, 5.74) is 9.82. The van der Waals surface area contributed by atoms with Gasteiger partial charge >= 0.3 is 0 Å². The SMILES string of the molecule is c1ccc(-c2ccc3c(ccc4occ(-c5c6ccccc6c(-c6cccc7oc8ccccc8c67)c6ccccc56)c43)c2)cc1. The second kappa shape index (κ2) is 9.69. The highest BCUT2D eigenvalue weighted by Crippen LogP contribution is 2.49. The normalized spacial score (nSPS) is 11.9. The van der Waals surface area contributed by atoms with E-state index in [-0.39, 0.29) is 0 Å². The monoisotopic (exact) mass is 586 g/mol. The minimum Gasteiger partial charge on any atom is -0.464 e. The first kappa shape index (κ1) is 25.2. The molecule has 2 nitrogen and oxygen atoms in total. The molecule has 0 fully saturated rings. The van der Waals surface area contributed by atoms with Gasteiger partial charge in [-0.05, 0) is 78.8 Å². The number of benzene rings is 8. The summed E-state index contributed by atoms with van der Waals surface area (Å²) in [4.78, 5) is 0. The first-order valence-electron chi connectivity index (χ1n) is 15.7. The molecule has 0 aliphatic carbocycles. The molecule has 2 heterocycles. The van der Waals surface area contributed by atoms with E-state index in [1.807, 2.05) is 12.3 Å². The fourth-order valence-electron chi connectivity index (χ4n) is 7.55. The van der Waals surface area contributed by atoms with Gasteiger partial charge in [-0.1, -0.05) is 127 Å². The molecular formula is C44H26O2. The van der Waals surface area contributed by atoms with Gasteiger partial charge in [-0.15, -0.1) is 0 Å². The lowest BCUT2D eigenvalue weighted by Gasteiger charge is -2.18. The second-order valence-electron chi connectivity index (χ2n) is 12.0. The average molecular weight is 587 g/mol. The van der Waals surface area contributed by atoms with Crippen molar-refractivity contribution in [1.29, 1.82) is 0 Å². The van der Waals surface area contributed by atoms with E-state index < -0.39 is 0 Å². The van der Waals surface area contributed by atoms with Crippen molar-refractivity contribution in [2.24, 2.45) is 0 Å². The first-order chi connectivity index (χ1) is 22.8. The van der Waals surface area contributed by atoms with E-state index in [1.54, 1.807) is 0 Å². The molecule has 0 spiro atoms. The van der Waals surface area contributed by atoms with E-state index in [2.05, 4.69) is 146 Å². The van der Waals surface area contributed by atoms with Crippen LogP contribution in [0.15, 0.2) is 167 Å². The smallest absolute Gasteiger partial charge is 0.136 e. The second-order valence-corrected chi connectivity index (χ2v) is 12.0. The molecule has 0 atom stereocenters. The molecule has 0 aliphatic rings. The molecular weight excluding hydrogens is 560 g/mol. The van der Waals surface area contributed by atoms with Gasteiger partial charge in [0.2, 0.25) is 0 Å². The Morgan fingerprint density at radius 2 is 0.957 bits per heavy atom. The maximum absolute atomic E-state index is 6.33. The Kier molecular flexibility index (Phi) is 5.31. The van der Waals surface area contributed by atoms with Crippen molar-refractivity contribution in [3.8, 4) is 33.4 Å². The van der Waals surface area contributed by atoms with Crippen LogP contribution in [0.5, 0.6) is 0 Å². The Balaban J connectivity index is 1.31. The third-order valence-electron chi connectivity index (χ3n) is 9.53. The summed E-state index contributed by atoms with van der Waals surface area (Å²) in [6.45, 7) is 0. The van der Waals surface area contributed by atoms with Gasteiger partial charge in [0.15, 0.2) is 0 Å². The molecule has 10 aromatic rings. The summed E-state index contributed by atoms with van der Waals surface area (Å²) in [6.07, 6.45) is 1.95. The van der Waals surface area contributed by atoms with Crippen LogP contribution in [0, 0.1) is 0 Å². The van der Waals surface area contributed by atoms with Gasteiger partial charge in [0, 0.05) is 27.3 Å². The molecule has 2 aromatic heterocycles. The number of rotatable bonds is 3. The molecule has 214 valence electrons. The van der Waals surface area contributed by atoms with Crippen LogP contribution in [0.3, 0.4) is 0 Å². The minimum atomic E-state index is 0.891. The molecule has 0 N–H and O–H groups in total. The summed E-state index contributed by atoms with van der Waals surface area (Å²) >= 11 is 0. The van der Waals surface area contributed by atoms with E-state index in [0.717, 1.165) is 38.5 Å².